The second-order valence-electron chi connectivity index (χ2n) is 26.7. The number of para-hydroxylation sites is 1. The number of likely N-dealkylation sites (tertiary alicyclic amines) is 2. The molecule has 3 aromatic carbocycles. The average molecular weight is 1330 g/mol. The Morgan fingerprint density at radius 2 is 1.53 bits per heavy atom. The Balaban J connectivity index is 0.647. The molecule has 0 radical (unpaired) electrons. The predicted molar refractivity (Wildman–Crippen MR) is 360 cm³/mol. The number of aliphatic hydroxyl groups excluding tert-OH is 1. The number of rotatable bonds is 28. The molecule has 0 unspecified atom stereocenters. The van der Waals surface area contributed by atoms with Crippen LogP contribution < -0.4 is 31.5 Å². The van der Waals surface area contributed by atoms with Gasteiger partial charge in [0, 0.05) is 108 Å². The number of carbonyl (C=O) groups is 6. The standard InChI is InChI=1S/C70H90F2N14O8S/c1-45-60(81-86(52-20-13-12-14-21-52)63(45)80-68(93)78-56-43-82(34-35-94-6)42-54(56)49-18-17-19-51(71)36-49)50-39-74-67(75-40-50)84-32-30-83(31-33-84)59(89)22-15-10-8-7-9-11-16-29-73-58(88)38-55(47-23-25-48(26-24-47)61-46(2)76-44-95-61)77-64(90)57-37-53(87)41-85(57)65(91)62(69(3,4)5)79-66(92)70(72)27-28-70/h12-14,17-21,23-26,36,39-40,44,53-57,62,87H,7-11,15-16,22,27-35,37-38,41-43H2,1-6H3,(H,73,88)(H,77,90)(H,79,92)(H2,78,80,93)/t53-,54+,55+,56-,57+,62-/m1/s1. The number of methoxy groups -OCH3 is 1. The van der Waals surface area contributed by atoms with Gasteiger partial charge in [-0.15, -0.1) is 11.3 Å². The van der Waals surface area contributed by atoms with Crippen LogP contribution in [0.15, 0.2) is 96.8 Å². The Morgan fingerprint density at radius 1 is 0.821 bits per heavy atom. The highest BCUT2D eigenvalue weighted by Crippen LogP contribution is 2.41. The predicted octanol–water partition coefficient (Wildman–Crippen LogP) is 8.57. The number of urea groups is 1. The fourth-order valence-corrected chi connectivity index (χ4v) is 13.7. The van der Waals surface area contributed by atoms with Gasteiger partial charge in [-0.3, -0.25) is 34.2 Å². The summed E-state index contributed by atoms with van der Waals surface area (Å²) in [6.07, 6.45) is 9.31. The number of anilines is 2. The smallest absolute Gasteiger partial charge is 0.320 e. The van der Waals surface area contributed by atoms with E-state index >= 15 is 0 Å². The van der Waals surface area contributed by atoms with E-state index in [0.717, 1.165) is 77.9 Å². The minimum absolute atomic E-state index is 0.0497. The number of aromatic nitrogens is 5. The molecule has 3 aliphatic heterocycles. The van der Waals surface area contributed by atoms with E-state index in [2.05, 4.69) is 41.4 Å². The molecule has 6 atom stereocenters. The zero-order valence-corrected chi connectivity index (χ0v) is 56.1. The number of carbonyl (C=O) groups excluding carboxylic acids is 6. The Hall–Kier alpha value is -8.26. The van der Waals surface area contributed by atoms with Gasteiger partial charge >= 0.3 is 6.03 Å². The first-order valence-electron chi connectivity index (χ1n) is 33.3. The minimum atomic E-state index is -2.01. The first kappa shape index (κ1) is 69.6. The van der Waals surface area contributed by atoms with Crippen LogP contribution in [0.5, 0.6) is 0 Å². The fraction of sp³-hybridized carbons (Fsp3) is 0.514. The van der Waals surface area contributed by atoms with Crippen LogP contribution >= 0.6 is 11.3 Å². The highest BCUT2D eigenvalue weighted by molar-refractivity contribution is 7.13. The molecule has 95 heavy (non-hydrogen) atoms. The molecule has 6 heterocycles. The Morgan fingerprint density at radius 3 is 2.19 bits per heavy atom. The van der Waals surface area contributed by atoms with E-state index in [1.807, 2.05) is 79.4 Å². The van der Waals surface area contributed by atoms with Crippen LogP contribution in [0.4, 0.5) is 25.3 Å². The number of amides is 7. The van der Waals surface area contributed by atoms with E-state index in [0.29, 0.717) is 94.0 Å². The van der Waals surface area contributed by atoms with Crippen molar-refractivity contribution in [3.8, 4) is 27.4 Å². The van der Waals surface area contributed by atoms with Crippen molar-refractivity contribution in [2.24, 2.45) is 5.41 Å². The molecule has 4 fully saturated rings. The number of alkyl halides is 1. The molecule has 508 valence electrons. The van der Waals surface area contributed by atoms with E-state index in [1.165, 1.54) is 28.4 Å². The molecule has 10 rings (SSSR count). The number of benzene rings is 3. The number of halogens is 2. The van der Waals surface area contributed by atoms with Crippen molar-refractivity contribution in [2.75, 3.05) is 82.8 Å². The monoisotopic (exact) mass is 1320 g/mol. The van der Waals surface area contributed by atoms with Gasteiger partial charge in [0.15, 0.2) is 5.67 Å². The maximum Gasteiger partial charge on any atom is 0.320 e. The first-order chi connectivity index (χ1) is 45.7. The highest BCUT2D eigenvalue weighted by atomic mass is 32.1. The SMILES string of the molecule is COCCN1C[C@@H](NC(=O)Nc2c(C)c(-c3cnc(N4CCN(C(=O)CCCCCCCCCNC(=O)C[C@H](NC(=O)[C@@H]5C[C@@H](O)CN5C(=O)[C@@H](NC(=O)C5(F)CC5)C(C)(C)C)c5ccc(-c6scnc6C)cc5)CC4)nc3)nn2-c2ccccc2)[C@H](c2cccc(F)c2)C1. The maximum atomic E-state index is 14.8. The molecule has 1 aliphatic carbocycles. The summed E-state index contributed by atoms with van der Waals surface area (Å²) in [5, 5.41) is 30.7. The number of nitrogens with zero attached hydrogens (tertiary/aromatic N) is 9. The van der Waals surface area contributed by atoms with Gasteiger partial charge in [-0.1, -0.05) is 107 Å². The summed E-state index contributed by atoms with van der Waals surface area (Å²) in [7, 11) is 1.65. The lowest BCUT2D eigenvalue weighted by Gasteiger charge is -2.36. The summed E-state index contributed by atoms with van der Waals surface area (Å²) in [6, 6.07) is 19.9. The van der Waals surface area contributed by atoms with Crippen molar-refractivity contribution in [1.29, 1.82) is 0 Å². The summed E-state index contributed by atoms with van der Waals surface area (Å²) in [5.41, 5.74) is 4.98. The van der Waals surface area contributed by atoms with Gasteiger partial charge in [-0.25, -0.2) is 33.2 Å². The van der Waals surface area contributed by atoms with Crippen LogP contribution in [0.1, 0.15) is 132 Å². The van der Waals surface area contributed by atoms with Crippen LogP contribution in [0.2, 0.25) is 0 Å². The van der Waals surface area contributed by atoms with Gasteiger partial charge in [-0.2, -0.15) is 5.10 Å². The third-order valence-electron chi connectivity index (χ3n) is 18.5. The van der Waals surface area contributed by atoms with Crippen LogP contribution in [0.3, 0.4) is 0 Å². The Kier molecular flexibility index (Phi) is 23.1. The number of hydrogen-bond acceptors (Lipinski definition) is 15. The van der Waals surface area contributed by atoms with Crippen molar-refractivity contribution >= 4 is 58.7 Å². The van der Waals surface area contributed by atoms with Gasteiger partial charge in [0.05, 0.1) is 53.0 Å². The number of hydrogen-bond donors (Lipinski definition) is 6. The van der Waals surface area contributed by atoms with E-state index in [-0.39, 0.29) is 61.8 Å². The van der Waals surface area contributed by atoms with Crippen LogP contribution in [-0.4, -0.2) is 183 Å². The summed E-state index contributed by atoms with van der Waals surface area (Å²) >= 11 is 1.51. The molecule has 25 heteroatoms. The number of aryl methyl sites for hydroxylation is 1. The molecule has 6 aromatic rings. The second-order valence-corrected chi connectivity index (χ2v) is 27.5. The van der Waals surface area contributed by atoms with E-state index < -0.39 is 59.1 Å². The summed E-state index contributed by atoms with van der Waals surface area (Å²) in [5.74, 6) is -1.56. The van der Waals surface area contributed by atoms with E-state index in [4.69, 9.17) is 19.8 Å². The van der Waals surface area contributed by atoms with Crippen molar-refractivity contribution in [3.05, 3.63) is 125 Å². The molecule has 0 bridgehead atoms. The number of piperazine rings is 1. The van der Waals surface area contributed by atoms with Gasteiger partial charge in [0.25, 0.3) is 5.91 Å². The lowest BCUT2D eigenvalue weighted by atomic mass is 9.85. The summed E-state index contributed by atoms with van der Waals surface area (Å²) < 4.78 is 36.2. The molecule has 0 spiro atoms. The number of β-amino-alcohol motifs (C(OH)–C–C–N with tert-alkyl or cyclic N) is 1. The number of ether oxygens (including phenoxy) is 1. The van der Waals surface area contributed by atoms with Crippen LogP contribution in [0.25, 0.3) is 27.4 Å². The molecule has 3 aromatic heterocycles. The molecule has 3 saturated heterocycles. The molecule has 22 nitrogen and oxygen atoms in total. The zero-order chi connectivity index (χ0) is 67.4. The average Bonchev–Trinajstić information content (AvgIpc) is 1.67. The lowest BCUT2D eigenvalue weighted by molar-refractivity contribution is -0.145. The lowest BCUT2D eigenvalue weighted by Crippen LogP contribution is -2.59. The second kappa shape index (κ2) is 31.5. The normalized spacial score (nSPS) is 19.3. The van der Waals surface area contributed by atoms with Crippen LogP contribution in [0, 0.1) is 25.1 Å². The minimum Gasteiger partial charge on any atom is -0.391 e. The molecule has 4 aliphatic rings. The van der Waals surface area contributed by atoms with E-state index in [1.54, 1.807) is 56.5 Å². The summed E-state index contributed by atoms with van der Waals surface area (Å²) in [4.78, 5) is 105. The van der Waals surface area contributed by atoms with Gasteiger partial charge < -0.3 is 45.8 Å². The van der Waals surface area contributed by atoms with Crippen LogP contribution in [-0.2, 0) is 28.7 Å². The molecular formula is C70H90F2N14O8S. The Labute approximate surface area is 558 Å². The number of aliphatic hydroxyl groups is 1. The zero-order valence-electron chi connectivity index (χ0n) is 55.3. The summed E-state index contributed by atoms with van der Waals surface area (Å²) in [6.45, 7) is 14.1. The van der Waals surface area contributed by atoms with Gasteiger partial charge in [0.2, 0.25) is 29.6 Å². The topological polar surface area (TPSA) is 261 Å². The van der Waals surface area contributed by atoms with E-state index in [9.17, 15) is 42.7 Å². The van der Waals surface area contributed by atoms with Gasteiger partial charge in [-0.05, 0) is 85.9 Å². The quantitative estimate of drug-likeness (QED) is 0.0252. The number of unbranched alkanes of at least 4 members (excludes halogenated alkanes) is 6. The van der Waals surface area contributed by atoms with Crippen molar-refractivity contribution in [2.45, 2.75) is 154 Å². The fourth-order valence-electron chi connectivity index (χ4n) is 12.9. The number of thiazole rings is 1. The third kappa shape index (κ3) is 17.8. The largest absolute Gasteiger partial charge is 0.391 e. The third-order valence-corrected chi connectivity index (χ3v) is 19.5. The van der Waals surface area contributed by atoms with Crippen molar-refractivity contribution in [3.63, 3.8) is 0 Å². The maximum absolute atomic E-state index is 14.8. The first-order valence-corrected chi connectivity index (χ1v) is 34.1. The molecule has 6 N–H and O–H groups in total. The van der Waals surface area contributed by atoms with Crippen molar-refractivity contribution in [1.82, 2.24) is 60.7 Å². The van der Waals surface area contributed by atoms with Crippen molar-refractivity contribution < 1.29 is 47.4 Å². The highest BCUT2D eigenvalue weighted by Gasteiger charge is 2.53. The molecule has 1 saturated carbocycles. The Bertz CT molecular complexity index is 3610. The molecular weight excluding hydrogens is 1230 g/mol. The molecule has 7 amide bonds. The number of nitrogens with one attached hydrogen (secondary N) is 5. The van der Waals surface area contributed by atoms with Gasteiger partial charge in [0.1, 0.15) is 29.4 Å².